The Bertz CT molecular complexity index is 1050. The van der Waals surface area contributed by atoms with Crippen LogP contribution in [0.1, 0.15) is 17.0 Å². The fourth-order valence-corrected chi connectivity index (χ4v) is 3.62. The summed E-state index contributed by atoms with van der Waals surface area (Å²) in [6.07, 6.45) is 3.35. The van der Waals surface area contributed by atoms with Crippen molar-refractivity contribution in [2.45, 2.75) is 13.8 Å². The van der Waals surface area contributed by atoms with Gasteiger partial charge in [0, 0.05) is 44.0 Å². The number of fused-ring (bicyclic) bond motifs is 1. The fourth-order valence-electron chi connectivity index (χ4n) is 3.62. The van der Waals surface area contributed by atoms with Gasteiger partial charge in [-0.3, -0.25) is 4.98 Å². The number of hydrogen-bond donors (Lipinski definition) is 0. The van der Waals surface area contributed by atoms with Crippen molar-refractivity contribution in [3.63, 3.8) is 0 Å². The van der Waals surface area contributed by atoms with Crippen molar-refractivity contribution in [2.75, 3.05) is 36.0 Å². The highest BCUT2D eigenvalue weighted by atomic mass is 19.1. The van der Waals surface area contributed by atoms with E-state index in [0.29, 0.717) is 24.0 Å². The first kappa shape index (κ1) is 17.2. The van der Waals surface area contributed by atoms with Gasteiger partial charge in [0.1, 0.15) is 23.5 Å². The van der Waals surface area contributed by atoms with Crippen LogP contribution in [0.15, 0.2) is 30.6 Å². The Morgan fingerprint density at radius 3 is 2.52 bits per heavy atom. The lowest BCUT2D eigenvalue weighted by Gasteiger charge is -2.37. The van der Waals surface area contributed by atoms with E-state index in [4.69, 9.17) is 0 Å². The molecule has 3 heterocycles. The van der Waals surface area contributed by atoms with Gasteiger partial charge in [-0.25, -0.2) is 14.4 Å². The number of aromatic nitrogens is 3. The molecule has 0 radical (unpaired) electrons. The zero-order valence-corrected chi connectivity index (χ0v) is 15.3. The van der Waals surface area contributed by atoms with Gasteiger partial charge in [-0.15, -0.1) is 0 Å². The van der Waals surface area contributed by atoms with Crippen LogP contribution in [0.2, 0.25) is 0 Å². The van der Waals surface area contributed by atoms with Crippen molar-refractivity contribution in [2.24, 2.45) is 0 Å². The SMILES string of the molecule is Cc1nccc(N2CCN(c3c(C#N)cnc4c(C)cc(F)cc34)CC2)n1. The summed E-state index contributed by atoms with van der Waals surface area (Å²) in [5, 5.41) is 10.3. The molecule has 1 fully saturated rings. The number of aryl methyl sites for hydroxylation is 2. The molecule has 0 unspecified atom stereocenters. The molecule has 3 aromatic rings. The minimum absolute atomic E-state index is 0.312. The number of rotatable bonds is 2. The number of benzene rings is 1. The van der Waals surface area contributed by atoms with Crippen molar-refractivity contribution in [1.82, 2.24) is 15.0 Å². The molecule has 1 aliphatic rings. The van der Waals surface area contributed by atoms with E-state index in [1.54, 1.807) is 12.4 Å². The Kier molecular flexibility index (Phi) is 4.32. The van der Waals surface area contributed by atoms with E-state index in [1.165, 1.54) is 12.1 Å². The largest absolute Gasteiger partial charge is 0.366 e. The van der Waals surface area contributed by atoms with Crippen LogP contribution < -0.4 is 9.80 Å². The maximum absolute atomic E-state index is 14.0. The molecule has 0 saturated carbocycles. The number of nitrogens with zero attached hydrogens (tertiary/aromatic N) is 6. The van der Waals surface area contributed by atoms with Crippen LogP contribution >= 0.6 is 0 Å². The van der Waals surface area contributed by atoms with E-state index >= 15 is 0 Å². The highest BCUT2D eigenvalue weighted by molar-refractivity contribution is 5.96. The molecule has 1 aromatic carbocycles. The molecule has 2 aromatic heterocycles. The smallest absolute Gasteiger partial charge is 0.132 e. The molecule has 136 valence electrons. The molecule has 0 aliphatic carbocycles. The van der Waals surface area contributed by atoms with Crippen molar-refractivity contribution in [1.29, 1.82) is 5.26 Å². The molecule has 1 aliphatic heterocycles. The topological polar surface area (TPSA) is 68.9 Å². The van der Waals surface area contributed by atoms with Gasteiger partial charge < -0.3 is 9.80 Å². The summed E-state index contributed by atoms with van der Waals surface area (Å²) < 4.78 is 14.0. The van der Waals surface area contributed by atoms with Crippen molar-refractivity contribution in [3.8, 4) is 6.07 Å². The highest BCUT2D eigenvalue weighted by Crippen LogP contribution is 2.32. The Morgan fingerprint density at radius 1 is 1.07 bits per heavy atom. The third-order valence-corrected chi connectivity index (χ3v) is 4.90. The predicted molar refractivity (Wildman–Crippen MR) is 102 cm³/mol. The average Bonchev–Trinajstić information content (AvgIpc) is 2.67. The lowest BCUT2D eigenvalue weighted by molar-refractivity contribution is 0.627. The minimum atomic E-state index is -0.312. The second kappa shape index (κ2) is 6.80. The molecule has 0 atom stereocenters. The van der Waals surface area contributed by atoms with Gasteiger partial charge in [0.15, 0.2) is 0 Å². The molecule has 27 heavy (non-hydrogen) atoms. The maximum Gasteiger partial charge on any atom is 0.132 e. The summed E-state index contributed by atoms with van der Waals surface area (Å²) in [5.74, 6) is 1.34. The Labute approximate surface area is 156 Å². The molecule has 7 heteroatoms. The van der Waals surface area contributed by atoms with E-state index in [-0.39, 0.29) is 5.82 Å². The Morgan fingerprint density at radius 2 is 1.81 bits per heavy atom. The zero-order valence-electron chi connectivity index (χ0n) is 15.3. The highest BCUT2D eigenvalue weighted by Gasteiger charge is 2.23. The van der Waals surface area contributed by atoms with Crippen molar-refractivity contribution in [3.05, 3.63) is 53.4 Å². The van der Waals surface area contributed by atoms with Gasteiger partial charge >= 0.3 is 0 Å². The molecule has 6 nitrogen and oxygen atoms in total. The number of anilines is 2. The lowest BCUT2D eigenvalue weighted by Crippen LogP contribution is -2.47. The molecule has 0 amide bonds. The quantitative estimate of drug-likeness (QED) is 0.698. The summed E-state index contributed by atoms with van der Waals surface area (Å²) in [6.45, 7) is 6.67. The Hall–Kier alpha value is -3.27. The number of piperazine rings is 1. The van der Waals surface area contributed by atoms with Gasteiger partial charge in [0.2, 0.25) is 0 Å². The molecular weight excluding hydrogens is 343 g/mol. The van der Waals surface area contributed by atoms with Crippen LogP contribution in [0.25, 0.3) is 10.9 Å². The third-order valence-electron chi connectivity index (χ3n) is 4.90. The van der Waals surface area contributed by atoms with E-state index in [2.05, 4.69) is 30.8 Å². The van der Waals surface area contributed by atoms with E-state index in [1.807, 2.05) is 19.9 Å². The van der Waals surface area contributed by atoms with E-state index in [0.717, 1.165) is 41.5 Å². The summed E-state index contributed by atoms with van der Waals surface area (Å²) in [6, 6.07) is 7.07. The minimum Gasteiger partial charge on any atom is -0.366 e. The molecule has 0 bridgehead atoms. The first-order valence-electron chi connectivity index (χ1n) is 8.85. The summed E-state index contributed by atoms with van der Waals surface area (Å²) in [7, 11) is 0. The predicted octanol–water partition coefficient (Wildman–Crippen LogP) is 2.98. The monoisotopic (exact) mass is 362 g/mol. The molecule has 0 N–H and O–H groups in total. The molecule has 0 spiro atoms. The standard InChI is InChI=1S/C20H19FN6/c1-13-9-16(21)10-17-19(13)24-12-15(11-22)20(17)27-7-5-26(6-8-27)18-3-4-23-14(2)25-18/h3-4,9-10,12H,5-8H2,1-2H3. The maximum atomic E-state index is 14.0. The first-order chi connectivity index (χ1) is 13.1. The molecular formula is C20H19FN6. The third kappa shape index (κ3) is 3.14. The summed E-state index contributed by atoms with van der Waals surface area (Å²) >= 11 is 0. The fraction of sp³-hybridized carbons (Fsp3) is 0.300. The Balaban J connectivity index is 1.68. The van der Waals surface area contributed by atoms with Gasteiger partial charge in [0.05, 0.1) is 16.8 Å². The van der Waals surface area contributed by atoms with E-state index in [9.17, 15) is 9.65 Å². The van der Waals surface area contributed by atoms with Gasteiger partial charge in [-0.2, -0.15) is 5.26 Å². The summed E-state index contributed by atoms with van der Waals surface area (Å²) in [5.41, 5.74) is 2.74. The summed E-state index contributed by atoms with van der Waals surface area (Å²) in [4.78, 5) is 17.4. The number of pyridine rings is 1. The van der Waals surface area contributed by atoms with Crippen LogP contribution in [-0.2, 0) is 0 Å². The second-order valence-electron chi connectivity index (χ2n) is 6.69. The van der Waals surface area contributed by atoms with Crippen LogP contribution in [0.3, 0.4) is 0 Å². The van der Waals surface area contributed by atoms with Crippen LogP contribution in [0, 0.1) is 31.0 Å². The first-order valence-corrected chi connectivity index (χ1v) is 8.85. The molecule has 4 rings (SSSR count). The number of nitriles is 1. The van der Waals surface area contributed by atoms with Crippen LogP contribution in [-0.4, -0.2) is 41.1 Å². The van der Waals surface area contributed by atoms with Gasteiger partial charge in [-0.1, -0.05) is 0 Å². The average molecular weight is 362 g/mol. The van der Waals surface area contributed by atoms with E-state index < -0.39 is 0 Å². The van der Waals surface area contributed by atoms with Gasteiger partial charge in [-0.05, 0) is 37.6 Å². The normalized spacial score (nSPS) is 14.4. The zero-order chi connectivity index (χ0) is 19.0. The van der Waals surface area contributed by atoms with Crippen LogP contribution in [0.5, 0.6) is 0 Å². The number of halogens is 1. The van der Waals surface area contributed by atoms with Crippen molar-refractivity contribution >= 4 is 22.4 Å². The van der Waals surface area contributed by atoms with Crippen molar-refractivity contribution < 1.29 is 4.39 Å². The number of hydrogen-bond acceptors (Lipinski definition) is 6. The van der Waals surface area contributed by atoms with Gasteiger partial charge in [0.25, 0.3) is 0 Å². The molecule has 1 saturated heterocycles. The lowest BCUT2D eigenvalue weighted by atomic mass is 10.0. The van der Waals surface area contributed by atoms with Crippen LogP contribution in [0.4, 0.5) is 15.9 Å². The second-order valence-corrected chi connectivity index (χ2v) is 6.69.